The molecule has 2 aromatic carbocycles. The van der Waals surface area contributed by atoms with Crippen molar-refractivity contribution in [1.29, 1.82) is 0 Å². The molecule has 5 heteroatoms. The number of hydrogen-bond donors (Lipinski definition) is 2. The third-order valence-electron chi connectivity index (χ3n) is 3.07. The van der Waals surface area contributed by atoms with Gasteiger partial charge in [0.15, 0.2) is 0 Å². The topological polar surface area (TPSA) is 59.6 Å². The molecule has 0 unspecified atom stereocenters. The van der Waals surface area contributed by atoms with Gasteiger partial charge in [0.2, 0.25) is 0 Å². The van der Waals surface area contributed by atoms with Crippen molar-refractivity contribution in [3.05, 3.63) is 81.4 Å². The molecule has 3 rings (SSSR count). The molecule has 0 spiro atoms. The predicted octanol–water partition coefficient (Wildman–Crippen LogP) is 2.56. The first-order valence-electron chi connectivity index (χ1n) is 7.04. The van der Waals surface area contributed by atoms with Crippen molar-refractivity contribution in [3.63, 3.8) is 0 Å². The molecular weight excluding hydrogens is 455 g/mol. The largest absolute Gasteiger partial charge is 0.326 e. The van der Waals surface area contributed by atoms with Crippen LogP contribution in [0.3, 0.4) is 0 Å². The fraction of sp³-hybridized carbons (Fsp3) is 0.176. The number of hydrogen-bond acceptors (Lipinski definition) is 2. The van der Waals surface area contributed by atoms with E-state index in [1.165, 1.54) is 11.1 Å². The minimum atomic E-state index is 0.640. The molecule has 0 atom stereocenters. The molecule has 0 radical (unpaired) electrons. The van der Waals surface area contributed by atoms with Crippen LogP contribution >= 0.6 is 0 Å². The Hall–Kier alpha value is -1.77. The molecule has 1 heterocycles. The summed E-state index contributed by atoms with van der Waals surface area (Å²) in [6, 6.07) is 20.3. The second-order valence-electron chi connectivity index (χ2n) is 4.82. The summed E-state index contributed by atoms with van der Waals surface area (Å²) in [6.45, 7) is 0.640. The molecule has 3 aromatic rings. The smallest absolute Gasteiger partial charge is 0.0178 e. The van der Waals surface area contributed by atoms with E-state index in [4.69, 9.17) is 5.73 Å². The van der Waals surface area contributed by atoms with Crippen LogP contribution in [0.15, 0.2) is 60.7 Å². The molecule has 0 aliphatic rings. The van der Waals surface area contributed by atoms with Gasteiger partial charge >= 0.3 is 93.1 Å². The molecule has 0 fully saturated rings. The van der Waals surface area contributed by atoms with Crippen LogP contribution in [0.2, 0.25) is 0 Å². The zero-order valence-electron chi connectivity index (χ0n) is 12.5. The first-order valence-corrected chi connectivity index (χ1v) is 8.18. The third kappa shape index (κ3) is 5.21. The van der Waals surface area contributed by atoms with Crippen LogP contribution in [0.25, 0.3) is 0 Å². The zero-order chi connectivity index (χ0) is 15.8. The molecule has 0 bridgehead atoms. The molecule has 0 amide bonds. The monoisotopic (exact) mass is 475 g/mol. The van der Waals surface area contributed by atoms with Gasteiger partial charge in [0, 0.05) is 6.54 Å². The van der Waals surface area contributed by atoms with Gasteiger partial charge in [-0.3, -0.25) is 0 Å². The third-order valence-corrected chi connectivity index (χ3v) is 4.08. The minimum absolute atomic E-state index is 0.640. The van der Waals surface area contributed by atoms with E-state index >= 15 is 0 Å². The van der Waals surface area contributed by atoms with Crippen molar-refractivity contribution in [2.45, 2.75) is 13.0 Å². The second kappa shape index (κ2) is 8.62. The Morgan fingerprint density at radius 2 is 1.55 bits per heavy atom. The molecule has 1 aromatic heterocycles. The summed E-state index contributed by atoms with van der Waals surface area (Å²) in [6.07, 6.45) is 0.859. The first-order chi connectivity index (χ1) is 10.7. The van der Waals surface area contributed by atoms with Crippen molar-refractivity contribution in [2.75, 3.05) is 0 Å². The van der Waals surface area contributed by atoms with Crippen molar-refractivity contribution >= 4 is 0 Å². The van der Waals surface area contributed by atoms with Crippen molar-refractivity contribution in [2.24, 2.45) is 12.8 Å². The maximum absolute atomic E-state index is 5.35. The number of aromatic amines is 1. The van der Waals surface area contributed by atoms with Crippen LogP contribution in [-0.2, 0) is 39.4 Å². The fourth-order valence-corrected chi connectivity index (χ4v) is 2.36. The van der Waals surface area contributed by atoms with Gasteiger partial charge in [0.1, 0.15) is 0 Å². The van der Waals surface area contributed by atoms with E-state index in [0.717, 1.165) is 16.0 Å². The Kier molecular flexibility index (Phi) is 6.50. The first kappa shape index (κ1) is 16.6. The molecule has 0 saturated carbocycles. The summed E-state index contributed by atoms with van der Waals surface area (Å²) in [4.78, 5) is 4.40. The van der Waals surface area contributed by atoms with E-state index in [2.05, 4.69) is 41.6 Å². The SMILES string of the molecule is Cn1[nH]c(Cc2ccccc2)n[c]1=[Pt].NCc1ccccc1. The molecule has 0 aliphatic heterocycles. The van der Waals surface area contributed by atoms with E-state index in [0.29, 0.717) is 6.54 Å². The number of nitrogens with one attached hydrogen (secondary N) is 1. The predicted molar refractivity (Wildman–Crippen MR) is 84.4 cm³/mol. The van der Waals surface area contributed by atoms with E-state index in [1.807, 2.05) is 60.3 Å². The Morgan fingerprint density at radius 1 is 1.00 bits per heavy atom. The number of nitrogens with zero attached hydrogens (tertiary/aromatic N) is 2. The molecule has 118 valence electrons. The molecule has 0 saturated heterocycles. The number of H-pyrrole nitrogens is 1. The Morgan fingerprint density at radius 3 is 1.95 bits per heavy atom. The average molecular weight is 475 g/mol. The van der Waals surface area contributed by atoms with Crippen molar-refractivity contribution < 1.29 is 19.4 Å². The van der Waals surface area contributed by atoms with E-state index in [9.17, 15) is 0 Å². The van der Waals surface area contributed by atoms with Gasteiger partial charge in [0.05, 0.1) is 0 Å². The van der Waals surface area contributed by atoms with Crippen molar-refractivity contribution in [3.8, 4) is 0 Å². The number of aryl methyl sites for hydroxylation is 1. The van der Waals surface area contributed by atoms with Crippen molar-refractivity contribution in [1.82, 2.24) is 14.8 Å². The summed E-state index contributed by atoms with van der Waals surface area (Å²) < 4.78 is 2.90. The molecular formula is C17H20N4Pt. The van der Waals surface area contributed by atoms with Crippen LogP contribution in [0.1, 0.15) is 17.0 Å². The molecule has 22 heavy (non-hydrogen) atoms. The Bertz CT molecular complexity index is 732. The summed E-state index contributed by atoms with van der Waals surface area (Å²) in [5.41, 5.74) is 7.81. The van der Waals surface area contributed by atoms with E-state index < -0.39 is 0 Å². The number of nitrogens with two attached hydrogens (primary N) is 1. The number of rotatable bonds is 3. The van der Waals surface area contributed by atoms with Gasteiger partial charge in [-0.15, -0.1) is 0 Å². The summed E-state index contributed by atoms with van der Waals surface area (Å²) in [5, 5.41) is 3.19. The number of benzene rings is 2. The average Bonchev–Trinajstić information content (AvgIpc) is 2.87. The van der Waals surface area contributed by atoms with Gasteiger partial charge in [-0.25, -0.2) is 0 Å². The van der Waals surface area contributed by atoms with Crippen LogP contribution in [0.4, 0.5) is 0 Å². The zero-order valence-corrected chi connectivity index (χ0v) is 14.7. The Balaban J connectivity index is 0.000000188. The van der Waals surface area contributed by atoms with Crippen LogP contribution in [0, 0.1) is 3.80 Å². The van der Waals surface area contributed by atoms with Gasteiger partial charge in [-0.1, -0.05) is 30.3 Å². The van der Waals surface area contributed by atoms with Crippen LogP contribution in [-0.4, -0.2) is 14.8 Å². The maximum Gasteiger partial charge on any atom is 0.0178 e. The van der Waals surface area contributed by atoms with Gasteiger partial charge in [-0.05, 0) is 5.56 Å². The second-order valence-corrected chi connectivity index (χ2v) is 5.84. The maximum atomic E-state index is 5.35. The Labute approximate surface area is 141 Å². The fourth-order valence-electron chi connectivity index (χ4n) is 1.92. The van der Waals surface area contributed by atoms with Crippen LogP contribution < -0.4 is 5.73 Å². The van der Waals surface area contributed by atoms with Crippen LogP contribution in [0.5, 0.6) is 0 Å². The molecule has 3 N–H and O–H groups in total. The summed E-state index contributed by atoms with van der Waals surface area (Å²) in [5.74, 6) is 1.00. The standard InChI is InChI=1S/C10H11N3.C7H9N.Pt/c1-13-8-11-10(12-13)7-9-5-3-2-4-6-9;8-6-7-4-2-1-3-5-7;/h2-6H,7H2,1H3,(H,11,12);1-5H,6,8H2;. The van der Waals surface area contributed by atoms with Gasteiger partial charge in [-0.2, -0.15) is 0 Å². The van der Waals surface area contributed by atoms with E-state index in [-0.39, 0.29) is 0 Å². The number of aromatic nitrogens is 3. The summed E-state index contributed by atoms with van der Waals surface area (Å²) in [7, 11) is 1.96. The summed E-state index contributed by atoms with van der Waals surface area (Å²) >= 11 is 2.19. The van der Waals surface area contributed by atoms with E-state index in [1.54, 1.807) is 0 Å². The quantitative estimate of drug-likeness (QED) is 0.612. The molecule has 0 aliphatic carbocycles. The normalized spacial score (nSPS) is 10.0. The van der Waals surface area contributed by atoms with Gasteiger partial charge in [0.25, 0.3) is 0 Å². The molecule has 4 nitrogen and oxygen atoms in total. The van der Waals surface area contributed by atoms with Gasteiger partial charge < -0.3 is 5.73 Å². The minimum Gasteiger partial charge on any atom is -0.326 e.